The van der Waals surface area contributed by atoms with Gasteiger partial charge in [-0.05, 0) is 51.2 Å². The maximum atomic E-state index is 12.4. The minimum Gasteiger partial charge on any atom is -1.00 e. The Morgan fingerprint density at radius 2 is 1.10 bits per heavy atom. The minimum absolute atomic E-state index is 0. The van der Waals surface area contributed by atoms with Gasteiger partial charge in [0.2, 0.25) is 0 Å². The van der Waals surface area contributed by atoms with Crippen molar-refractivity contribution < 1.29 is 29.9 Å². The number of hydrogen-bond donors (Lipinski definition) is 0. The second-order valence-electron chi connectivity index (χ2n) is 9.76. The van der Waals surface area contributed by atoms with Crippen molar-refractivity contribution in [1.82, 2.24) is 0 Å². The van der Waals surface area contributed by atoms with Gasteiger partial charge in [0.15, 0.2) is 9.84 Å². The van der Waals surface area contributed by atoms with Gasteiger partial charge in [-0.15, -0.1) is 0 Å². The molecule has 0 aromatic heterocycles. The fraction of sp³-hybridized carbons (Fsp3) is 0.769. The van der Waals surface area contributed by atoms with E-state index in [-0.39, 0.29) is 22.7 Å². The van der Waals surface area contributed by atoms with Crippen LogP contribution in [0.25, 0.3) is 0 Å². The predicted molar refractivity (Wildman–Crippen MR) is 131 cm³/mol. The number of quaternary nitrogens is 1. The summed E-state index contributed by atoms with van der Waals surface area (Å²) in [6.07, 6.45) is 16.7. The van der Waals surface area contributed by atoms with Crippen molar-refractivity contribution in [3.63, 3.8) is 0 Å². The number of rotatable bonds is 18. The summed E-state index contributed by atoms with van der Waals surface area (Å²) in [7, 11) is 1.50. The Labute approximate surface area is 204 Å². The van der Waals surface area contributed by atoms with E-state index < -0.39 is 9.84 Å². The first-order chi connectivity index (χ1) is 14.3. The number of nitrogens with zero attached hydrogens (tertiary/aromatic N) is 1. The molecule has 0 heterocycles. The molecular weight excluding hydrogens is 470 g/mol. The third kappa shape index (κ3) is 15.1. The fourth-order valence-electron chi connectivity index (χ4n) is 4.01. The Bertz CT molecular complexity index is 656. The Morgan fingerprint density at radius 3 is 1.58 bits per heavy atom. The number of sulfone groups is 1. The van der Waals surface area contributed by atoms with Crippen molar-refractivity contribution in [3.05, 3.63) is 29.8 Å². The van der Waals surface area contributed by atoms with Crippen LogP contribution in [0.15, 0.2) is 29.2 Å². The molecule has 1 rings (SSSR count). The van der Waals surface area contributed by atoms with Crippen molar-refractivity contribution in [1.29, 1.82) is 0 Å². The highest BCUT2D eigenvalue weighted by molar-refractivity contribution is 7.91. The molecule has 0 N–H and O–H groups in total. The van der Waals surface area contributed by atoms with Crippen LogP contribution >= 0.6 is 0 Å². The molecule has 5 heteroatoms. The SMILES string of the molecule is CCCCCCCCCCCC[N+](C)(C)CCCCCS(=O)(=O)c1ccc(C)cc1.[Br-]. The molecule has 0 unspecified atom stereocenters. The van der Waals surface area contributed by atoms with E-state index in [1.54, 1.807) is 12.1 Å². The molecular formula is C26H48BrNO2S. The quantitative estimate of drug-likeness (QED) is 0.218. The largest absolute Gasteiger partial charge is 1.00 e. The van der Waals surface area contributed by atoms with E-state index >= 15 is 0 Å². The van der Waals surface area contributed by atoms with Crippen molar-refractivity contribution >= 4 is 9.84 Å². The Kier molecular flexibility index (Phi) is 16.9. The number of hydrogen-bond acceptors (Lipinski definition) is 2. The third-order valence-corrected chi connectivity index (χ3v) is 7.99. The molecule has 0 fully saturated rings. The molecule has 1 aromatic rings. The summed E-state index contributed by atoms with van der Waals surface area (Å²) in [4.78, 5) is 0.463. The topological polar surface area (TPSA) is 34.1 Å². The van der Waals surface area contributed by atoms with Crippen molar-refractivity contribution in [3.8, 4) is 0 Å². The zero-order chi connectivity index (χ0) is 22.3. The summed E-state index contributed by atoms with van der Waals surface area (Å²) in [6.45, 7) is 6.63. The van der Waals surface area contributed by atoms with Gasteiger partial charge in [0.25, 0.3) is 0 Å². The minimum atomic E-state index is -3.13. The van der Waals surface area contributed by atoms with E-state index in [0.717, 1.165) is 35.9 Å². The van der Waals surface area contributed by atoms with E-state index in [4.69, 9.17) is 0 Å². The van der Waals surface area contributed by atoms with Crippen LogP contribution < -0.4 is 17.0 Å². The molecule has 0 bridgehead atoms. The standard InChI is InChI=1S/C26H48NO2S.BrH/c1-5-6-7-8-9-10-11-12-13-15-22-27(3,4)23-16-14-17-24-30(28,29)26-20-18-25(2)19-21-26;/h18-21H,5-17,22-24H2,1-4H3;1H/q+1;/p-1. The van der Waals surface area contributed by atoms with Crippen LogP contribution in [-0.4, -0.2) is 45.8 Å². The second kappa shape index (κ2) is 17.1. The monoisotopic (exact) mass is 517 g/mol. The molecule has 0 radical (unpaired) electrons. The van der Waals surface area contributed by atoms with Crippen LogP contribution in [0.3, 0.4) is 0 Å². The van der Waals surface area contributed by atoms with Gasteiger partial charge in [0.05, 0.1) is 37.8 Å². The zero-order valence-electron chi connectivity index (χ0n) is 20.7. The highest BCUT2D eigenvalue weighted by atomic mass is 79.9. The van der Waals surface area contributed by atoms with E-state index in [2.05, 4.69) is 21.0 Å². The number of unbranched alkanes of at least 4 members (excludes halogenated alkanes) is 11. The first kappa shape index (κ1) is 30.6. The summed E-state index contributed by atoms with van der Waals surface area (Å²) in [5.74, 6) is 0.266. The van der Waals surface area contributed by atoms with Gasteiger partial charge in [-0.2, -0.15) is 0 Å². The normalized spacial score (nSPS) is 12.0. The zero-order valence-corrected chi connectivity index (χ0v) is 23.1. The molecule has 0 aliphatic heterocycles. The van der Waals surface area contributed by atoms with Crippen molar-refractivity contribution in [2.24, 2.45) is 0 Å². The first-order valence-electron chi connectivity index (χ1n) is 12.4. The van der Waals surface area contributed by atoms with Crippen LogP contribution in [-0.2, 0) is 9.84 Å². The summed E-state index contributed by atoms with van der Waals surface area (Å²) < 4.78 is 25.9. The molecule has 0 saturated carbocycles. The van der Waals surface area contributed by atoms with Gasteiger partial charge in [0, 0.05) is 0 Å². The van der Waals surface area contributed by atoms with Crippen molar-refractivity contribution in [2.75, 3.05) is 32.9 Å². The van der Waals surface area contributed by atoms with Crippen LogP contribution in [0.4, 0.5) is 0 Å². The van der Waals surface area contributed by atoms with Crippen LogP contribution in [0, 0.1) is 6.92 Å². The summed E-state index contributed by atoms with van der Waals surface area (Å²) in [5.41, 5.74) is 1.09. The summed E-state index contributed by atoms with van der Waals surface area (Å²) in [6, 6.07) is 7.22. The second-order valence-corrected chi connectivity index (χ2v) is 11.9. The first-order valence-corrected chi connectivity index (χ1v) is 14.0. The number of benzene rings is 1. The van der Waals surface area contributed by atoms with E-state index in [0.29, 0.717) is 4.90 Å². The lowest BCUT2D eigenvalue weighted by Crippen LogP contribution is -3.00. The smallest absolute Gasteiger partial charge is 0.178 e. The third-order valence-electron chi connectivity index (χ3n) is 6.17. The highest BCUT2D eigenvalue weighted by Gasteiger charge is 2.16. The van der Waals surface area contributed by atoms with Gasteiger partial charge in [-0.3, -0.25) is 0 Å². The Morgan fingerprint density at radius 1 is 0.677 bits per heavy atom. The Hall–Kier alpha value is -0.390. The molecule has 31 heavy (non-hydrogen) atoms. The summed E-state index contributed by atoms with van der Waals surface area (Å²) in [5, 5.41) is 0. The lowest BCUT2D eigenvalue weighted by atomic mass is 10.1. The average molecular weight is 519 g/mol. The lowest BCUT2D eigenvalue weighted by Gasteiger charge is -2.30. The van der Waals surface area contributed by atoms with Crippen LogP contribution in [0.1, 0.15) is 96.0 Å². The fourth-order valence-corrected chi connectivity index (χ4v) is 5.38. The van der Waals surface area contributed by atoms with Gasteiger partial charge in [0.1, 0.15) is 0 Å². The predicted octanol–water partition coefficient (Wildman–Crippen LogP) is 3.94. The molecule has 0 aliphatic carbocycles. The van der Waals surface area contributed by atoms with Gasteiger partial charge in [-0.25, -0.2) is 8.42 Å². The van der Waals surface area contributed by atoms with E-state index in [9.17, 15) is 8.42 Å². The van der Waals surface area contributed by atoms with Crippen LogP contribution in [0.2, 0.25) is 0 Å². The maximum Gasteiger partial charge on any atom is 0.178 e. The molecule has 0 aliphatic rings. The highest BCUT2D eigenvalue weighted by Crippen LogP contribution is 2.15. The number of halogens is 1. The summed E-state index contributed by atoms with van der Waals surface area (Å²) >= 11 is 0. The molecule has 3 nitrogen and oxygen atoms in total. The molecule has 0 saturated heterocycles. The Balaban J connectivity index is 0.00000900. The molecule has 0 atom stereocenters. The van der Waals surface area contributed by atoms with Gasteiger partial charge >= 0.3 is 0 Å². The molecule has 0 spiro atoms. The van der Waals surface area contributed by atoms with Crippen LogP contribution in [0.5, 0.6) is 0 Å². The van der Waals surface area contributed by atoms with Crippen molar-refractivity contribution in [2.45, 2.75) is 102 Å². The van der Waals surface area contributed by atoms with E-state index in [1.165, 1.54) is 70.8 Å². The van der Waals surface area contributed by atoms with Gasteiger partial charge < -0.3 is 21.5 Å². The molecule has 182 valence electrons. The molecule has 0 amide bonds. The van der Waals surface area contributed by atoms with E-state index in [1.807, 2.05) is 19.1 Å². The lowest BCUT2D eigenvalue weighted by molar-refractivity contribution is -0.890. The number of aryl methyl sites for hydroxylation is 1. The average Bonchev–Trinajstić information content (AvgIpc) is 2.69. The maximum absolute atomic E-state index is 12.4. The molecule has 1 aromatic carbocycles. The van der Waals surface area contributed by atoms with Gasteiger partial charge in [-0.1, -0.05) is 76.0 Å².